The predicted molar refractivity (Wildman–Crippen MR) is 98.8 cm³/mol. The van der Waals surface area contributed by atoms with Gasteiger partial charge in [-0.25, -0.2) is 0 Å². The molecule has 1 aliphatic carbocycles. The van der Waals surface area contributed by atoms with Crippen molar-refractivity contribution in [3.63, 3.8) is 0 Å². The van der Waals surface area contributed by atoms with Crippen LogP contribution in [0, 0.1) is 11.8 Å². The molecule has 2 heterocycles. The molecule has 6 heteroatoms. The fourth-order valence-corrected chi connectivity index (χ4v) is 4.53. The molecule has 152 valence electrons. The third-order valence-corrected chi connectivity index (χ3v) is 5.85. The van der Waals surface area contributed by atoms with Gasteiger partial charge < -0.3 is 18.9 Å². The highest BCUT2D eigenvalue weighted by atomic mass is 16.7. The number of hydrogen-bond donors (Lipinski definition) is 0. The molecule has 0 aromatic heterocycles. The van der Waals surface area contributed by atoms with Crippen LogP contribution in [0.4, 0.5) is 0 Å². The summed E-state index contributed by atoms with van der Waals surface area (Å²) in [7, 11) is 0. The Morgan fingerprint density at radius 1 is 1.22 bits per heavy atom. The highest BCUT2D eigenvalue weighted by Crippen LogP contribution is 2.44. The lowest BCUT2D eigenvalue weighted by atomic mass is 9.90. The summed E-state index contributed by atoms with van der Waals surface area (Å²) in [6.07, 6.45) is 11.3. The molecule has 0 aromatic carbocycles. The van der Waals surface area contributed by atoms with E-state index in [2.05, 4.69) is 6.92 Å². The Kier molecular flexibility index (Phi) is 6.93. The van der Waals surface area contributed by atoms with Gasteiger partial charge in [0.15, 0.2) is 5.79 Å². The smallest absolute Gasteiger partial charge is 0.306 e. The molecule has 6 nitrogen and oxygen atoms in total. The Labute approximate surface area is 161 Å². The van der Waals surface area contributed by atoms with E-state index < -0.39 is 5.79 Å². The zero-order valence-corrected chi connectivity index (χ0v) is 16.5. The van der Waals surface area contributed by atoms with Crippen LogP contribution in [0.1, 0.15) is 65.2 Å². The van der Waals surface area contributed by atoms with Crippen molar-refractivity contribution in [2.45, 2.75) is 83.2 Å². The van der Waals surface area contributed by atoms with Crippen LogP contribution in [0.15, 0.2) is 12.2 Å². The van der Waals surface area contributed by atoms with E-state index in [-0.39, 0.29) is 36.0 Å². The molecule has 0 radical (unpaired) electrons. The number of carbonyl (C=O) groups is 2. The maximum absolute atomic E-state index is 11.7. The molecule has 0 spiro atoms. The van der Waals surface area contributed by atoms with Gasteiger partial charge in [-0.3, -0.25) is 9.59 Å². The first kappa shape index (κ1) is 20.3. The minimum atomic E-state index is -0.686. The van der Waals surface area contributed by atoms with Crippen LogP contribution >= 0.6 is 0 Å². The molecule has 2 aliphatic heterocycles. The van der Waals surface area contributed by atoms with E-state index in [1.807, 2.05) is 12.2 Å². The van der Waals surface area contributed by atoms with Crippen molar-refractivity contribution in [3.8, 4) is 0 Å². The second kappa shape index (κ2) is 9.20. The standard InChI is InChI=1S/C21H32O6/c1-3-4-5-6-7-9-21(24-11-12-25-21)10-8-16-17-13-20(23)27-19(17)14-18(16)26-15(2)22/h8,10,16-19H,3-7,9,11-14H2,1-2H3/b10-8+/t16-,17-,18-,19+/m1/s1. The van der Waals surface area contributed by atoms with E-state index in [0.717, 1.165) is 12.8 Å². The Hall–Kier alpha value is -1.40. The van der Waals surface area contributed by atoms with Crippen LogP contribution in [0.3, 0.4) is 0 Å². The van der Waals surface area contributed by atoms with Crippen molar-refractivity contribution in [1.82, 2.24) is 0 Å². The number of fused-ring (bicyclic) bond motifs is 1. The van der Waals surface area contributed by atoms with Crippen LogP contribution in [0.2, 0.25) is 0 Å². The number of hydrogen-bond acceptors (Lipinski definition) is 6. The molecule has 3 rings (SSSR count). The maximum Gasteiger partial charge on any atom is 0.306 e. The van der Waals surface area contributed by atoms with Gasteiger partial charge in [-0.05, 0) is 12.5 Å². The molecule has 3 fully saturated rings. The lowest BCUT2D eigenvalue weighted by Crippen LogP contribution is -2.29. The summed E-state index contributed by atoms with van der Waals surface area (Å²) in [5.74, 6) is -1.14. The first-order valence-electron chi connectivity index (χ1n) is 10.4. The van der Waals surface area contributed by atoms with Gasteiger partial charge in [0.05, 0.1) is 19.6 Å². The van der Waals surface area contributed by atoms with Crippen molar-refractivity contribution < 1.29 is 28.5 Å². The Morgan fingerprint density at radius 3 is 2.67 bits per heavy atom. The fourth-order valence-electron chi connectivity index (χ4n) is 4.53. The van der Waals surface area contributed by atoms with E-state index in [1.54, 1.807) is 0 Å². The van der Waals surface area contributed by atoms with Crippen LogP contribution < -0.4 is 0 Å². The molecule has 4 atom stereocenters. The topological polar surface area (TPSA) is 71.1 Å². The molecular weight excluding hydrogens is 348 g/mol. The van der Waals surface area contributed by atoms with Crippen LogP contribution in [-0.2, 0) is 28.5 Å². The summed E-state index contributed by atoms with van der Waals surface area (Å²) < 4.78 is 22.8. The lowest BCUT2D eigenvalue weighted by Gasteiger charge is -2.26. The summed E-state index contributed by atoms with van der Waals surface area (Å²) >= 11 is 0. The quantitative estimate of drug-likeness (QED) is 0.346. The number of rotatable bonds is 9. The van der Waals surface area contributed by atoms with Gasteiger partial charge in [-0.1, -0.05) is 38.7 Å². The van der Waals surface area contributed by atoms with E-state index >= 15 is 0 Å². The van der Waals surface area contributed by atoms with E-state index in [4.69, 9.17) is 18.9 Å². The van der Waals surface area contributed by atoms with Gasteiger partial charge in [0.25, 0.3) is 0 Å². The normalized spacial score (nSPS) is 32.0. The van der Waals surface area contributed by atoms with E-state index in [9.17, 15) is 9.59 Å². The molecule has 0 bridgehead atoms. The van der Waals surface area contributed by atoms with Gasteiger partial charge in [-0.15, -0.1) is 0 Å². The molecule has 0 unspecified atom stereocenters. The highest BCUT2D eigenvalue weighted by molar-refractivity contribution is 5.72. The van der Waals surface area contributed by atoms with Gasteiger partial charge in [0.1, 0.15) is 12.2 Å². The number of ether oxygens (including phenoxy) is 4. The van der Waals surface area contributed by atoms with Gasteiger partial charge >= 0.3 is 11.9 Å². The van der Waals surface area contributed by atoms with Crippen molar-refractivity contribution in [1.29, 1.82) is 0 Å². The Balaban J connectivity index is 1.65. The molecule has 0 N–H and O–H groups in total. The van der Waals surface area contributed by atoms with Crippen molar-refractivity contribution in [2.24, 2.45) is 11.8 Å². The molecule has 0 amide bonds. The minimum absolute atomic E-state index is 0.0462. The summed E-state index contributed by atoms with van der Waals surface area (Å²) in [6.45, 7) is 4.80. The fraction of sp³-hybridized carbons (Fsp3) is 0.810. The van der Waals surface area contributed by atoms with Crippen molar-refractivity contribution >= 4 is 11.9 Å². The van der Waals surface area contributed by atoms with Gasteiger partial charge in [0, 0.05) is 31.6 Å². The van der Waals surface area contributed by atoms with Crippen LogP contribution in [0.25, 0.3) is 0 Å². The van der Waals surface area contributed by atoms with Gasteiger partial charge in [-0.2, -0.15) is 0 Å². The summed E-state index contributed by atoms with van der Waals surface area (Å²) in [4.78, 5) is 23.2. The number of carbonyl (C=O) groups excluding carboxylic acids is 2. The SMILES string of the molecule is CCCCCCCC1(/C=C/[C@@H]2[C@H]3CC(=O)O[C@H]3C[C@H]2OC(C)=O)OCCO1. The second-order valence-corrected chi connectivity index (χ2v) is 7.89. The first-order valence-corrected chi connectivity index (χ1v) is 10.4. The summed E-state index contributed by atoms with van der Waals surface area (Å²) in [5.41, 5.74) is 0. The zero-order chi connectivity index (χ0) is 19.3. The zero-order valence-electron chi connectivity index (χ0n) is 16.5. The van der Waals surface area contributed by atoms with Crippen molar-refractivity contribution in [2.75, 3.05) is 13.2 Å². The molecule has 2 saturated heterocycles. The van der Waals surface area contributed by atoms with E-state index in [1.165, 1.54) is 32.6 Å². The maximum atomic E-state index is 11.7. The van der Waals surface area contributed by atoms with Gasteiger partial charge in [0.2, 0.25) is 0 Å². The molecule has 1 saturated carbocycles. The number of esters is 2. The summed E-state index contributed by atoms with van der Waals surface area (Å²) in [6, 6.07) is 0. The van der Waals surface area contributed by atoms with Crippen molar-refractivity contribution in [3.05, 3.63) is 12.2 Å². The second-order valence-electron chi connectivity index (χ2n) is 7.89. The molecule has 27 heavy (non-hydrogen) atoms. The van der Waals surface area contributed by atoms with Crippen LogP contribution in [0.5, 0.6) is 0 Å². The first-order chi connectivity index (χ1) is 13.0. The number of unbranched alkanes of at least 4 members (excludes halogenated alkanes) is 4. The third kappa shape index (κ3) is 5.11. The summed E-state index contributed by atoms with van der Waals surface area (Å²) in [5, 5.41) is 0. The average Bonchev–Trinajstić information content (AvgIpc) is 3.28. The largest absolute Gasteiger partial charge is 0.462 e. The molecule has 3 aliphatic rings. The van der Waals surface area contributed by atoms with E-state index in [0.29, 0.717) is 26.1 Å². The highest BCUT2D eigenvalue weighted by Gasteiger charge is 2.51. The molecule has 0 aromatic rings. The Bertz CT molecular complexity index is 551. The average molecular weight is 380 g/mol. The monoisotopic (exact) mass is 380 g/mol. The third-order valence-electron chi connectivity index (χ3n) is 5.85. The Morgan fingerprint density at radius 2 is 1.96 bits per heavy atom. The molecular formula is C21H32O6. The lowest BCUT2D eigenvalue weighted by molar-refractivity contribution is -0.149. The predicted octanol–water partition coefficient (Wildman–Crippen LogP) is 3.53. The minimum Gasteiger partial charge on any atom is -0.462 e. The van der Waals surface area contributed by atoms with Crippen LogP contribution in [-0.4, -0.2) is 43.1 Å².